The number of amides is 1. The molecule has 6 heteroatoms. The molecule has 1 aliphatic carbocycles. The van der Waals surface area contributed by atoms with Crippen molar-refractivity contribution in [2.75, 3.05) is 19.8 Å². The number of carbonyl (C=O) groups is 1. The molecule has 3 atom stereocenters. The van der Waals surface area contributed by atoms with Gasteiger partial charge in [-0.15, -0.1) is 0 Å². The van der Waals surface area contributed by atoms with Gasteiger partial charge in [-0.25, -0.2) is 4.39 Å². The Morgan fingerprint density at radius 2 is 2.18 bits per heavy atom. The Bertz CT molecular complexity index is 548. The predicted molar refractivity (Wildman–Crippen MR) is 80.4 cm³/mol. The summed E-state index contributed by atoms with van der Waals surface area (Å²) < 4.78 is 19.0. The molecular formula is C16H19ClFNO3. The van der Waals surface area contributed by atoms with E-state index >= 15 is 0 Å². The number of hydrogen-bond donors (Lipinski definition) is 1. The Hall–Kier alpha value is -1.17. The summed E-state index contributed by atoms with van der Waals surface area (Å²) in [6.07, 6.45) is 2.19. The minimum absolute atomic E-state index is 0.0216. The highest BCUT2D eigenvalue weighted by Gasteiger charge is 2.39. The molecule has 4 nitrogen and oxygen atoms in total. The number of ether oxygens (including phenoxy) is 1. The molecule has 0 radical (unpaired) electrons. The molecule has 1 N–H and O–H groups in total. The highest BCUT2D eigenvalue weighted by Crippen LogP contribution is 2.33. The van der Waals surface area contributed by atoms with Crippen molar-refractivity contribution in [3.05, 3.63) is 34.6 Å². The molecule has 1 aromatic rings. The molecule has 1 aromatic carbocycles. The van der Waals surface area contributed by atoms with E-state index in [9.17, 15) is 14.3 Å². The van der Waals surface area contributed by atoms with Crippen LogP contribution >= 0.6 is 11.6 Å². The van der Waals surface area contributed by atoms with E-state index < -0.39 is 11.9 Å². The topological polar surface area (TPSA) is 49.8 Å². The van der Waals surface area contributed by atoms with E-state index in [0.717, 1.165) is 19.3 Å². The third-order valence-electron chi connectivity index (χ3n) is 4.56. The highest BCUT2D eigenvalue weighted by atomic mass is 35.5. The Labute approximate surface area is 133 Å². The summed E-state index contributed by atoms with van der Waals surface area (Å²) in [4.78, 5) is 14.4. The van der Waals surface area contributed by atoms with Crippen molar-refractivity contribution in [1.29, 1.82) is 0 Å². The number of hydrogen-bond acceptors (Lipinski definition) is 3. The lowest BCUT2D eigenvalue weighted by Crippen LogP contribution is -2.53. The third kappa shape index (κ3) is 3.12. The molecule has 0 aromatic heterocycles. The molecule has 1 heterocycles. The standard InChI is InChI=1S/C16H19ClFNO3/c17-11-6-10(7-12(18)8-11)16(21)19-4-5-22-9-14(19)13-2-1-3-15(13)20/h6-8,13-15,20H,1-5,9H2. The van der Waals surface area contributed by atoms with Crippen LogP contribution in [0.2, 0.25) is 5.02 Å². The van der Waals surface area contributed by atoms with Crippen LogP contribution in [-0.4, -0.2) is 47.8 Å². The van der Waals surface area contributed by atoms with Crippen LogP contribution in [0.25, 0.3) is 0 Å². The van der Waals surface area contributed by atoms with Crippen molar-refractivity contribution in [2.45, 2.75) is 31.4 Å². The first-order valence-corrected chi connectivity index (χ1v) is 7.97. The lowest BCUT2D eigenvalue weighted by Gasteiger charge is -2.40. The van der Waals surface area contributed by atoms with Crippen LogP contribution in [0, 0.1) is 11.7 Å². The Morgan fingerprint density at radius 3 is 2.86 bits per heavy atom. The van der Waals surface area contributed by atoms with Crippen molar-refractivity contribution in [2.24, 2.45) is 5.92 Å². The fourth-order valence-electron chi connectivity index (χ4n) is 3.49. The summed E-state index contributed by atoms with van der Waals surface area (Å²) in [5, 5.41) is 10.3. The van der Waals surface area contributed by atoms with Crippen LogP contribution in [0.3, 0.4) is 0 Å². The zero-order chi connectivity index (χ0) is 15.7. The van der Waals surface area contributed by atoms with Crippen LogP contribution in [0.15, 0.2) is 18.2 Å². The first-order valence-electron chi connectivity index (χ1n) is 7.59. The Balaban J connectivity index is 1.85. The van der Waals surface area contributed by atoms with Gasteiger partial charge >= 0.3 is 0 Å². The third-order valence-corrected chi connectivity index (χ3v) is 4.78. The summed E-state index contributed by atoms with van der Waals surface area (Å²) in [7, 11) is 0. The molecule has 3 rings (SSSR count). The predicted octanol–water partition coefficient (Wildman–Crippen LogP) is 2.48. The molecule has 120 valence electrons. The first kappa shape index (κ1) is 15.7. The molecule has 1 amide bonds. The zero-order valence-electron chi connectivity index (χ0n) is 12.2. The average molecular weight is 328 g/mol. The van der Waals surface area contributed by atoms with Crippen LogP contribution in [-0.2, 0) is 4.74 Å². The van der Waals surface area contributed by atoms with Gasteiger partial charge in [-0.1, -0.05) is 18.0 Å². The second kappa shape index (κ2) is 6.52. The molecule has 0 spiro atoms. The number of nitrogens with zero attached hydrogens (tertiary/aromatic N) is 1. The van der Waals surface area contributed by atoms with Gasteiger partial charge in [0.2, 0.25) is 0 Å². The molecule has 2 fully saturated rings. The fourth-order valence-corrected chi connectivity index (χ4v) is 3.71. The fraction of sp³-hybridized carbons (Fsp3) is 0.562. The number of halogens is 2. The van der Waals surface area contributed by atoms with Crippen molar-refractivity contribution in [3.8, 4) is 0 Å². The van der Waals surface area contributed by atoms with Gasteiger partial charge in [-0.3, -0.25) is 4.79 Å². The second-order valence-electron chi connectivity index (χ2n) is 5.96. The van der Waals surface area contributed by atoms with E-state index in [0.29, 0.717) is 19.8 Å². The van der Waals surface area contributed by atoms with Gasteiger partial charge in [0, 0.05) is 23.0 Å². The van der Waals surface area contributed by atoms with Crippen molar-refractivity contribution < 1.29 is 19.0 Å². The molecule has 3 unspecified atom stereocenters. The highest BCUT2D eigenvalue weighted by molar-refractivity contribution is 6.31. The molecule has 0 bridgehead atoms. The van der Waals surface area contributed by atoms with Gasteiger partial charge < -0.3 is 14.7 Å². The van der Waals surface area contributed by atoms with E-state index in [1.54, 1.807) is 4.90 Å². The maximum atomic E-state index is 13.5. The van der Waals surface area contributed by atoms with Crippen LogP contribution in [0.5, 0.6) is 0 Å². The molecular weight excluding hydrogens is 309 g/mol. The van der Waals surface area contributed by atoms with E-state index in [4.69, 9.17) is 16.3 Å². The summed E-state index contributed by atoms with van der Waals surface area (Å²) in [5.74, 6) is -0.761. The first-order chi connectivity index (χ1) is 10.6. The van der Waals surface area contributed by atoms with E-state index in [-0.39, 0.29) is 28.5 Å². The number of aliphatic hydroxyl groups excluding tert-OH is 1. The number of benzene rings is 1. The smallest absolute Gasteiger partial charge is 0.254 e. The van der Waals surface area contributed by atoms with Gasteiger partial charge in [0.15, 0.2) is 0 Å². The van der Waals surface area contributed by atoms with Gasteiger partial charge in [0.1, 0.15) is 5.82 Å². The summed E-state index contributed by atoms with van der Waals surface area (Å²) >= 11 is 5.84. The Morgan fingerprint density at radius 1 is 1.36 bits per heavy atom. The minimum Gasteiger partial charge on any atom is -0.393 e. The lowest BCUT2D eigenvalue weighted by molar-refractivity contribution is -0.0383. The summed E-state index contributed by atoms with van der Waals surface area (Å²) in [6.45, 7) is 1.31. The van der Waals surface area contributed by atoms with Crippen molar-refractivity contribution in [3.63, 3.8) is 0 Å². The van der Waals surface area contributed by atoms with E-state index in [2.05, 4.69) is 0 Å². The monoisotopic (exact) mass is 327 g/mol. The summed E-state index contributed by atoms with van der Waals surface area (Å²) in [5.41, 5.74) is 0.240. The maximum absolute atomic E-state index is 13.5. The van der Waals surface area contributed by atoms with Gasteiger partial charge in [0.05, 0.1) is 25.4 Å². The molecule has 2 aliphatic rings. The quantitative estimate of drug-likeness (QED) is 0.908. The maximum Gasteiger partial charge on any atom is 0.254 e. The van der Waals surface area contributed by atoms with Crippen molar-refractivity contribution >= 4 is 17.5 Å². The minimum atomic E-state index is -0.526. The normalized spacial score (nSPS) is 28.9. The van der Waals surface area contributed by atoms with E-state index in [1.165, 1.54) is 18.2 Å². The van der Waals surface area contributed by atoms with Gasteiger partial charge in [-0.2, -0.15) is 0 Å². The molecule has 1 aliphatic heterocycles. The number of rotatable bonds is 2. The van der Waals surface area contributed by atoms with Crippen LogP contribution < -0.4 is 0 Å². The molecule has 1 saturated heterocycles. The van der Waals surface area contributed by atoms with Gasteiger partial charge in [0.25, 0.3) is 5.91 Å². The SMILES string of the molecule is O=C(c1cc(F)cc(Cl)c1)N1CCOCC1C1CCCC1O. The van der Waals surface area contributed by atoms with Crippen LogP contribution in [0.1, 0.15) is 29.6 Å². The van der Waals surface area contributed by atoms with Crippen molar-refractivity contribution in [1.82, 2.24) is 4.90 Å². The largest absolute Gasteiger partial charge is 0.393 e. The Kier molecular flexibility index (Phi) is 4.66. The number of morpholine rings is 1. The molecule has 22 heavy (non-hydrogen) atoms. The van der Waals surface area contributed by atoms with E-state index in [1.807, 2.05) is 0 Å². The lowest BCUT2D eigenvalue weighted by atomic mass is 9.93. The average Bonchev–Trinajstić information content (AvgIpc) is 2.91. The second-order valence-corrected chi connectivity index (χ2v) is 6.40. The number of carbonyl (C=O) groups excluding carboxylic acids is 1. The molecule has 1 saturated carbocycles. The van der Waals surface area contributed by atoms with Crippen LogP contribution in [0.4, 0.5) is 4.39 Å². The number of aliphatic hydroxyl groups is 1. The summed E-state index contributed by atoms with van der Waals surface area (Å²) in [6, 6.07) is 3.69. The van der Waals surface area contributed by atoms with Gasteiger partial charge in [-0.05, 0) is 31.0 Å². The zero-order valence-corrected chi connectivity index (χ0v) is 12.9.